The van der Waals surface area contributed by atoms with Gasteiger partial charge in [0.05, 0.1) is 12.2 Å². The predicted octanol–water partition coefficient (Wildman–Crippen LogP) is -0.838. The molecule has 0 spiro atoms. The topological polar surface area (TPSA) is 77.0 Å². The highest BCUT2D eigenvalue weighted by molar-refractivity contribution is 4.91. The summed E-state index contributed by atoms with van der Waals surface area (Å²) < 4.78 is 1.71. The van der Waals surface area contributed by atoms with E-state index in [9.17, 15) is 0 Å². The highest BCUT2D eigenvalue weighted by atomic mass is 16.2. The van der Waals surface area contributed by atoms with Crippen LogP contribution in [0.15, 0.2) is 6.20 Å². The van der Waals surface area contributed by atoms with Gasteiger partial charge in [0, 0.05) is 19.3 Å². The molecule has 0 aliphatic rings. The number of aliphatic hydroxyl groups is 1. The summed E-state index contributed by atoms with van der Waals surface area (Å²) in [5.41, 5.74) is 6.26. The van der Waals surface area contributed by atoms with Gasteiger partial charge in [0.15, 0.2) is 0 Å². The zero-order valence-electron chi connectivity index (χ0n) is 6.98. The van der Waals surface area contributed by atoms with Crippen molar-refractivity contribution < 1.29 is 5.11 Å². The summed E-state index contributed by atoms with van der Waals surface area (Å²) in [4.78, 5) is 0. The zero-order valence-corrected chi connectivity index (χ0v) is 6.98. The van der Waals surface area contributed by atoms with Crippen molar-refractivity contribution in [3.8, 4) is 0 Å². The van der Waals surface area contributed by atoms with Crippen LogP contribution in [0.2, 0.25) is 0 Å². The van der Waals surface area contributed by atoms with Crippen LogP contribution >= 0.6 is 0 Å². The number of hydrogen-bond donors (Lipinski definition) is 2. The van der Waals surface area contributed by atoms with Crippen LogP contribution in [0.3, 0.4) is 0 Å². The van der Waals surface area contributed by atoms with Crippen molar-refractivity contribution in [1.82, 2.24) is 15.0 Å². The van der Waals surface area contributed by atoms with Gasteiger partial charge >= 0.3 is 0 Å². The van der Waals surface area contributed by atoms with E-state index >= 15 is 0 Å². The molecule has 3 N–H and O–H groups in total. The Morgan fingerprint density at radius 1 is 1.58 bits per heavy atom. The first-order valence-electron chi connectivity index (χ1n) is 4.06. The van der Waals surface area contributed by atoms with Gasteiger partial charge in [-0.2, -0.15) is 0 Å². The highest BCUT2D eigenvalue weighted by Crippen LogP contribution is 1.96. The lowest BCUT2D eigenvalue weighted by atomic mass is 10.3. The zero-order chi connectivity index (χ0) is 8.81. The standard InChI is InChI=1S/C7H14N4O/c8-3-4-11-6-7(9-10-11)2-1-5-12/h6,12H,1-5,8H2. The number of aromatic nitrogens is 3. The SMILES string of the molecule is NCCn1cc(CCCO)nn1. The third-order valence-corrected chi connectivity index (χ3v) is 1.54. The molecule has 12 heavy (non-hydrogen) atoms. The lowest BCUT2D eigenvalue weighted by Gasteiger charge is -1.93. The molecule has 1 rings (SSSR count). The first kappa shape index (κ1) is 9.15. The van der Waals surface area contributed by atoms with Gasteiger partial charge in [0.2, 0.25) is 0 Å². The van der Waals surface area contributed by atoms with Crippen molar-refractivity contribution in [2.75, 3.05) is 13.2 Å². The second-order valence-electron chi connectivity index (χ2n) is 2.59. The van der Waals surface area contributed by atoms with Crippen molar-refractivity contribution >= 4 is 0 Å². The van der Waals surface area contributed by atoms with Crippen molar-refractivity contribution in [2.24, 2.45) is 5.73 Å². The molecule has 0 aliphatic carbocycles. The molecular weight excluding hydrogens is 156 g/mol. The largest absolute Gasteiger partial charge is 0.396 e. The second-order valence-corrected chi connectivity index (χ2v) is 2.59. The van der Waals surface area contributed by atoms with E-state index in [1.54, 1.807) is 4.68 Å². The summed E-state index contributed by atoms with van der Waals surface area (Å²) in [5.74, 6) is 0. The maximum atomic E-state index is 8.56. The van der Waals surface area contributed by atoms with E-state index < -0.39 is 0 Å². The van der Waals surface area contributed by atoms with Crippen LogP contribution in [-0.4, -0.2) is 33.3 Å². The molecule has 0 saturated carbocycles. The van der Waals surface area contributed by atoms with E-state index in [0.29, 0.717) is 13.1 Å². The summed E-state index contributed by atoms with van der Waals surface area (Å²) in [6.45, 7) is 1.47. The number of aliphatic hydroxyl groups excluding tert-OH is 1. The minimum absolute atomic E-state index is 0.198. The highest BCUT2D eigenvalue weighted by Gasteiger charge is 1.98. The Balaban J connectivity index is 2.41. The Bertz CT molecular complexity index is 223. The molecule has 0 bridgehead atoms. The number of nitrogens with zero attached hydrogens (tertiary/aromatic N) is 3. The van der Waals surface area contributed by atoms with Gasteiger partial charge in [-0.1, -0.05) is 5.21 Å². The van der Waals surface area contributed by atoms with Crippen molar-refractivity contribution in [2.45, 2.75) is 19.4 Å². The normalized spacial score (nSPS) is 10.5. The molecular formula is C7H14N4O. The van der Waals surface area contributed by atoms with Crippen molar-refractivity contribution in [3.05, 3.63) is 11.9 Å². The Labute approximate surface area is 71.2 Å². The molecule has 0 fully saturated rings. The molecule has 1 aromatic rings. The molecule has 0 atom stereocenters. The van der Waals surface area contributed by atoms with Gasteiger partial charge in [0.25, 0.3) is 0 Å². The lowest BCUT2D eigenvalue weighted by molar-refractivity contribution is 0.288. The summed E-state index contributed by atoms with van der Waals surface area (Å²) in [6, 6.07) is 0. The van der Waals surface area contributed by atoms with Gasteiger partial charge < -0.3 is 10.8 Å². The quantitative estimate of drug-likeness (QED) is 0.604. The molecule has 68 valence electrons. The van der Waals surface area contributed by atoms with Crippen molar-refractivity contribution in [3.63, 3.8) is 0 Å². The summed E-state index contributed by atoms with van der Waals surface area (Å²) in [6.07, 6.45) is 3.38. The maximum Gasteiger partial charge on any atom is 0.0828 e. The van der Waals surface area contributed by atoms with Gasteiger partial charge in [-0.05, 0) is 12.8 Å². The van der Waals surface area contributed by atoms with E-state index in [-0.39, 0.29) is 6.61 Å². The molecule has 0 saturated heterocycles. The van der Waals surface area contributed by atoms with E-state index in [4.69, 9.17) is 10.8 Å². The molecule has 0 amide bonds. The molecule has 5 nitrogen and oxygen atoms in total. The Morgan fingerprint density at radius 3 is 3.08 bits per heavy atom. The fourth-order valence-electron chi connectivity index (χ4n) is 0.955. The van der Waals surface area contributed by atoms with Crippen molar-refractivity contribution in [1.29, 1.82) is 0 Å². The van der Waals surface area contributed by atoms with Crippen LogP contribution in [0.1, 0.15) is 12.1 Å². The summed E-state index contributed by atoms with van der Waals surface area (Å²) >= 11 is 0. The predicted molar refractivity (Wildman–Crippen MR) is 44.5 cm³/mol. The number of rotatable bonds is 5. The van der Waals surface area contributed by atoms with Crippen LogP contribution in [-0.2, 0) is 13.0 Å². The van der Waals surface area contributed by atoms with Crippen LogP contribution in [0.25, 0.3) is 0 Å². The minimum Gasteiger partial charge on any atom is -0.396 e. The molecule has 0 aromatic carbocycles. The van der Waals surface area contributed by atoms with Gasteiger partial charge in [-0.15, -0.1) is 5.10 Å². The minimum atomic E-state index is 0.198. The molecule has 1 aromatic heterocycles. The monoisotopic (exact) mass is 170 g/mol. The van der Waals surface area contributed by atoms with Gasteiger partial charge in [-0.3, -0.25) is 4.68 Å². The third-order valence-electron chi connectivity index (χ3n) is 1.54. The van der Waals surface area contributed by atoms with Crippen LogP contribution in [0.4, 0.5) is 0 Å². The Hall–Kier alpha value is -0.940. The Kier molecular flexibility index (Phi) is 3.69. The Morgan fingerprint density at radius 2 is 2.42 bits per heavy atom. The third kappa shape index (κ3) is 2.60. The first-order valence-corrected chi connectivity index (χ1v) is 4.06. The van der Waals surface area contributed by atoms with Gasteiger partial charge in [0.1, 0.15) is 0 Å². The van der Waals surface area contributed by atoms with E-state index in [1.165, 1.54) is 0 Å². The van der Waals surface area contributed by atoms with E-state index in [0.717, 1.165) is 18.5 Å². The smallest absolute Gasteiger partial charge is 0.0828 e. The molecule has 5 heteroatoms. The summed E-state index contributed by atoms with van der Waals surface area (Å²) in [7, 11) is 0. The fraction of sp³-hybridized carbons (Fsp3) is 0.714. The van der Waals surface area contributed by atoms with Crippen LogP contribution in [0, 0.1) is 0 Å². The number of aryl methyl sites for hydroxylation is 1. The fourth-order valence-corrected chi connectivity index (χ4v) is 0.955. The molecule has 0 radical (unpaired) electrons. The van der Waals surface area contributed by atoms with Gasteiger partial charge in [-0.25, -0.2) is 0 Å². The van der Waals surface area contributed by atoms with E-state index in [2.05, 4.69) is 10.3 Å². The number of nitrogens with two attached hydrogens (primary N) is 1. The van der Waals surface area contributed by atoms with Crippen LogP contribution < -0.4 is 5.73 Å². The maximum absolute atomic E-state index is 8.56. The average molecular weight is 170 g/mol. The number of hydrogen-bond acceptors (Lipinski definition) is 4. The second kappa shape index (κ2) is 4.84. The molecule has 0 aliphatic heterocycles. The van der Waals surface area contributed by atoms with E-state index in [1.807, 2.05) is 6.20 Å². The average Bonchev–Trinajstić information content (AvgIpc) is 2.50. The summed E-state index contributed by atoms with van der Waals surface area (Å²) in [5, 5.41) is 16.3. The lowest BCUT2D eigenvalue weighted by Crippen LogP contribution is -2.10. The molecule has 1 heterocycles. The first-order chi connectivity index (χ1) is 5.86. The molecule has 0 unspecified atom stereocenters. The van der Waals surface area contributed by atoms with Crippen LogP contribution in [0.5, 0.6) is 0 Å².